The Bertz CT molecular complexity index is 1090. The molecule has 0 aromatic rings. The predicted octanol–water partition coefficient (Wildman–Crippen LogP) is 11.3. The molecule has 3 atom stereocenters. The molecule has 0 saturated carbocycles. The van der Waals surface area contributed by atoms with Crippen LogP contribution in [0.5, 0.6) is 0 Å². The minimum atomic E-state index is -4.65. The van der Waals surface area contributed by atoms with Gasteiger partial charge in [-0.1, -0.05) is 179 Å². The van der Waals surface area contributed by atoms with Gasteiger partial charge >= 0.3 is 11.9 Å². The first-order valence-corrected chi connectivity index (χ1v) is 24.3. The molecule has 57 heavy (non-hydrogen) atoms. The summed E-state index contributed by atoms with van der Waals surface area (Å²) >= 11 is 0. The van der Waals surface area contributed by atoms with E-state index >= 15 is 0 Å². The van der Waals surface area contributed by atoms with Crippen LogP contribution in [0, 0.1) is 0 Å². The van der Waals surface area contributed by atoms with Crippen LogP contribution in [-0.2, 0) is 32.7 Å². The van der Waals surface area contributed by atoms with E-state index in [2.05, 4.69) is 32.1 Å². The number of aliphatic hydroxyl groups is 1. The molecule has 0 rings (SSSR count). The van der Waals surface area contributed by atoms with Gasteiger partial charge in [0.15, 0.2) is 6.10 Å². The smallest absolute Gasteiger partial charge is 0.306 e. The van der Waals surface area contributed by atoms with Crippen molar-refractivity contribution in [2.24, 2.45) is 0 Å². The maximum absolute atomic E-state index is 12.7. The first kappa shape index (κ1) is 55.2. The molecule has 2 unspecified atom stereocenters. The largest absolute Gasteiger partial charge is 0.756 e. The van der Waals surface area contributed by atoms with E-state index < -0.39 is 38.6 Å². The fraction of sp³-hybridized carbons (Fsp3) is 0.826. The Morgan fingerprint density at radius 1 is 0.649 bits per heavy atom. The van der Waals surface area contributed by atoms with E-state index in [0.29, 0.717) is 23.9 Å². The Balaban J connectivity index is 4.39. The number of unbranched alkanes of at least 4 members (excludes halogenated alkanes) is 20. The van der Waals surface area contributed by atoms with Crippen LogP contribution in [0.3, 0.4) is 0 Å². The molecule has 334 valence electrons. The number of carbonyl (C=O) groups excluding carboxylic acids is 2. The predicted molar refractivity (Wildman–Crippen MR) is 233 cm³/mol. The quantitative estimate of drug-likeness (QED) is 0.0160. The molecule has 0 aromatic heterocycles. The van der Waals surface area contributed by atoms with Gasteiger partial charge in [-0.3, -0.25) is 14.2 Å². The molecule has 11 heteroatoms. The van der Waals surface area contributed by atoms with Crippen molar-refractivity contribution in [3.63, 3.8) is 0 Å². The maximum Gasteiger partial charge on any atom is 0.306 e. The topological polar surface area (TPSA) is 131 Å². The summed E-state index contributed by atoms with van der Waals surface area (Å²) in [5.74, 6) is -0.906. The number of nitrogens with zero attached hydrogens (tertiary/aromatic N) is 1. The standard InChI is InChI=1S/C46H86NO9P/c1-6-8-10-12-14-15-16-17-18-19-20-21-22-23-25-29-33-37-45(49)53-41-44(42-55-57(51,52)54-40-39-47(3,4)5)56-46(50)38-34-30-26-28-32-36-43(48)35-31-27-24-13-11-9-7-2/h9,11,24,27,31,35,43-44,48H,6-8,10,12-23,25-26,28-30,32-34,36-42H2,1-5H3/b11-9+,27-24+,35-31+/t43?,44-/m1/s1. The Morgan fingerprint density at radius 3 is 1.68 bits per heavy atom. The Labute approximate surface area is 349 Å². The Hall–Kier alpha value is -1.81. The maximum atomic E-state index is 12.7. The number of quaternary nitrogens is 1. The monoisotopic (exact) mass is 828 g/mol. The van der Waals surface area contributed by atoms with Crippen LogP contribution in [0.2, 0.25) is 0 Å². The van der Waals surface area contributed by atoms with E-state index in [4.69, 9.17) is 18.5 Å². The number of phosphoric acid groups is 1. The molecular formula is C46H86NO9P. The second-order valence-corrected chi connectivity index (χ2v) is 18.0. The number of ether oxygens (including phenoxy) is 2. The minimum Gasteiger partial charge on any atom is -0.756 e. The second-order valence-electron chi connectivity index (χ2n) is 16.6. The van der Waals surface area contributed by atoms with Gasteiger partial charge in [0.1, 0.15) is 19.8 Å². The molecule has 0 aromatic carbocycles. The number of aliphatic hydroxyl groups excluding tert-OH is 1. The van der Waals surface area contributed by atoms with Gasteiger partial charge in [-0.2, -0.15) is 0 Å². The number of esters is 2. The van der Waals surface area contributed by atoms with Crippen molar-refractivity contribution in [3.05, 3.63) is 36.5 Å². The third kappa shape index (κ3) is 42.1. The molecule has 0 amide bonds. The minimum absolute atomic E-state index is 0.0483. The molecule has 0 spiro atoms. The molecule has 0 fully saturated rings. The van der Waals surface area contributed by atoms with Crippen LogP contribution >= 0.6 is 7.82 Å². The Kier molecular flexibility index (Phi) is 37.2. The van der Waals surface area contributed by atoms with Gasteiger partial charge in [0.05, 0.1) is 33.9 Å². The Morgan fingerprint density at radius 2 is 1.16 bits per heavy atom. The lowest BCUT2D eigenvalue weighted by molar-refractivity contribution is -0.870. The zero-order chi connectivity index (χ0) is 42.3. The summed E-state index contributed by atoms with van der Waals surface area (Å²) in [6.07, 6.45) is 39.0. The number of hydrogen-bond acceptors (Lipinski definition) is 9. The zero-order valence-electron chi connectivity index (χ0n) is 37.1. The lowest BCUT2D eigenvalue weighted by Gasteiger charge is -2.28. The number of hydrogen-bond donors (Lipinski definition) is 1. The second kappa shape index (κ2) is 38.4. The number of likely N-dealkylation sites (N-methyl/N-ethyl adjacent to an activating group) is 1. The number of carbonyl (C=O) groups is 2. The van der Waals surface area contributed by atoms with Gasteiger partial charge in [-0.15, -0.1) is 0 Å². The molecule has 0 aliphatic heterocycles. The average molecular weight is 828 g/mol. The third-order valence-corrected chi connectivity index (χ3v) is 10.7. The number of rotatable bonds is 41. The highest BCUT2D eigenvalue weighted by Gasteiger charge is 2.21. The summed E-state index contributed by atoms with van der Waals surface area (Å²) in [6, 6.07) is 0. The summed E-state index contributed by atoms with van der Waals surface area (Å²) in [7, 11) is 1.11. The van der Waals surface area contributed by atoms with E-state index in [9.17, 15) is 24.2 Å². The third-order valence-electron chi connectivity index (χ3n) is 9.78. The highest BCUT2D eigenvalue weighted by atomic mass is 31.2. The van der Waals surface area contributed by atoms with Crippen LogP contribution in [0.25, 0.3) is 0 Å². The van der Waals surface area contributed by atoms with Gasteiger partial charge in [0, 0.05) is 12.8 Å². The van der Waals surface area contributed by atoms with Crippen molar-refractivity contribution >= 4 is 19.8 Å². The summed E-state index contributed by atoms with van der Waals surface area (Å²) in [5.41, 5.74) is 0. The van der Waals surface area contributed by atoms with E-state index in [1.807, 2.05) is 33.3 Å². The molecule has 0 heterocycles. The van der Waals surface area contributed by atoms with Gasteiger partial charge in [-0.05, 0) is 32.1 Å². The van der Waals surface area contributed by atoms with Crippen molar-refractivity contribution in [1.29, 1.82) is 0 Å². The van der Waals surface area contributed by atoms with Crippen molar-refractivity contribution < 1.29 is 47.2 Å². The summed E-state index contributed by atoms with van der Waals surface area (Å²) < 4.78 is 33.9. The number of allylic oxidation sites excluding steroid dienone is 5. The van der Waals surface area contributed by atoms with E-state index in [1.165, 1.54) is 89.9 Å². The van der Waals surface area contributed by atoms with E-state index in [0.717, 1.165) is 57.8 Å². The highest BCUT2D eigenvalue weighted by Crippen LogP contribution is 2.38. The van der Waals surface area contributed by atoms with Crippen LogP contribution in [0.4, 0.5) is 0 Å². The SMILES string of the molecule is CC/C=C/C/C=C/C=C/C(O)CCCCCCCC(=O)O[C@H](COC(=O)CCCCCCCCCCCCCCCCCCC)COP(=O)([O-])OCC[N+](C)(C)C. The van der Waals surface area contributed by atoms with Gasteiger partial charge in [0.2, 0.25) is 0 Å². The van der Waals surface area contributed by atoms with Gasteiger partial charge in [0.25, 0.3) is 7.82 Å². The molecule has 0 bridgehead atoms. The molecule has 10 nitrogen and oxygen atoms in total. The molecular weight excluding hydrogens is 741 g/mol. The highest BCUT2D eigenvalue weighted by molar-refractivity contribution is 7.45. The van der Waals surface area contributed by atoms with Crippen molar-refractivity contribution in [3.8, 4) is 0 Å². The average Bonchev–Trinajstić information content (AvgIpc) is 3.15. The van der Waals surface area contributed by atoms with Crippen LogP contribution in [0.1, 0.15) is 187 Å². The summed E-state index contributed by atoms with van der Waals surface area (Å²) in [4.78, 5) is 37.6. The van der Waals surface area contributed by atoms with Crippen LogP contribution in [0.15, 0.2) is 36.5 Å². The zero-order valence-corrected chi connectivity index (χ0v) is 38.0. The molecule has 0 saturated heterocycles. The van der Waals surface area contributed by atoms with Crippen LogP contribution in [-0.4, -0.2) is 81.2 Å². The first-order valence-electron chi connectivity index (χ1n) is 22.8. The van der Waals surface area contributed by atoms with Crippen molar-refractivity contribution in [2.45, 2.75) is 199 Å². The fourth-order valence-electron chi connectivity index (χ4n) is 6.19. The van der Waals surface area contributed by atoms with Crippen LogP contribution < -0.4 is 4.89 Å². The van der Waals surface area contributed by atoms with Gasteiger partial charge < -0.3 is 33.0 Å². The summed E-state index contributed by atoms with van der Waals surface area (Å²) in [6.45, 7) is 3.99. The normalized spacial score (nSPS) is 14.4. The summed E-state index contributed by atoms with van der Waals surface area (Å²) in [5, 5.41) is 10.2. The van der Waals surface area contributed by atoms with Gasteiger partial charge in [-0.25, -0.2) is 0 Å². The van der Waals surface area contributed by atoms with Crippen molar-refractivity contribution in [1.82, 2.24) is 0 Å². The van der Waals surface area contributed by atoms with E-state index in [1.54, 1.807) is 6.08 Å². The number of phosphoric ester groups is 1. The molecule has 0 radical (unpaired) electrons. The fourth-order valence-corrected chi connectivity index (χ4v) is 6.92. The molecule has 0 aliphatic carbocycles. The molecule has 0 aliphatic rings. The molecule has 1 N–H and O–H groups in total. The lowest BCUT2D eigenvalue weighted by Crippen LogP contribution is -2.37. The van der Waals surface area contributed by atoms with E-state index in [-0.39, 0.29) is 26.1 Å². The van der Waals surface area contributed by atoms with Crippen molar-refractivity contribution in [2.75, 3.05) is 47.5 Å². The first-order chi connectivity index (χ1) is 27.4. The lowest BCUT2D eigenvalue weighted by atomic mass is 10.0.